The molecule has 0 aliphatic carbocycles. The van der Waals surface area contributed by atoms with E-state index in [0.717, 1.165) is 11.4 Å². The predicted molar refractivity (Wildman–Crippen MR) is 40.0 cm³/mol. The number of hydrogen-bond acceptors (Lipinski definition) is 1. The quantitative estimate of drug-likeness (QED) is 0.648. The van der Waals surface area contributed by atoms with E-state index in [2.05, 4.69) is 6.07 Å². The first-order valence-corrected chi connectivity index (χ1v) is 3.18. The third-order valence-corrected chi connectivity index (χ3v) is 1.68. The maximum Gasteiger partial charge on any atom is 0.0150 e. The first-order valence-electron chi connectivity index (χ1n) is 3.18. The summed E-state index contributed by atoms with van der Waals surface area (Å²) < 4.78 is 1.93. The van der Waals surface area contributed by atoms with Crippen LogP contribution in [0, 0.1) is 19.9 Å². The minimum atomic E-state index is -0.0342. The summed E-state index contributed by atoms with van der Waals surface area (Å²) in [7, 11) is 1.92. The zero-order valence-electron chi connectivity index (χ0n) is 6.81. The molecule has 1 aromatic rings. The van der Waals surface area contributed by atoms with Crippen LogP contribution in [0.1, 0.15) is 11.4 Å². The number of aryl methyl sites for hydroxylation is 2. The molecule has 0 amide bonds. The summed E-state index contributed by atoms with van der Waals surface area (Å²) in [5.41, 5.74) is 1.82. The summed E-state index contributed by atoms with van der Waals surface area (Å²) in [5.74, 6) is 0. The van der Waals surface area contributed by atoms with E-state index in [-0.39, 0.29) is 25.9 Å². The van der Waals surface area contributed by atoms with Gasteiger partial charge in [0.05, 0.1) is 0 Å². The monoisotopic (exact) mass is 323 g/mol. The van der Waals surface area contributed by atoms with Gasteiger partial charge in [-0.1, -0.05) is 11.4 Å². The van der Waals surface area contributed by atoms with Gasteiger partial charge in [0.1, 0.15) is 0 Å². The fraction of sp³-hybridized carbons (Fsp3) is 0.375. The smallest absolute Gasteiger partial charge is 0.0150 e. The number of nitrogens with zero attached hydrogens (tertiary/aromatic N) is 1. The van der Waals surface area contributed by atoms with E-state index in [4.69, 9.17) is 0 Å². The van der Waals surface area contributed by atoms with E-state index in [0.29, 0.717) is 0 Å². The van der Waals surface area contributed by atoms with Crippen LogP contribution in [-0.4, -0.2) is 4.57 Å². The third-order valence-electron chi connectivity index (χ3n) is 1.68. The van der Waals surface area contributed by atoms with Crippen molar-refractivity contribution < 1.29 is 20.4 Å². The van der Waals surface area contributed by atoms with Crippen molar-refractivity contribution in [2.75, 3.05) is 0 Å². The number of aromatic nitrogens is 1. The van der Waals surface area contributed by atoms with Crippen molar-refractivity contribution >= 4 is 0 Å². The molecular formula is C8H10NORe-. The van der Waals surface area contributed by atoms with Gasteiger partial charge < -0.3 is 9.36 Å². The Morgan fingerprint density at radius 3 is 2.45 bits per heavy atom. The Bertz CT molecular complexity index is 277. The molecule has 1 rings (SSSR count). The van der Waals surface area contributed by atoms with Crippen LogP contribution < -0.4 is 5.43 Å². The van der Waals surface area contributed by atoms with Crippen LogP contribution in [0.2, 0.25) is 0 Å². The molecule has 61 valence electrons. The first-order chi connectivity index (χ1) is 4.61. The van der Waals surface area contributed by atoms with Crippen LogP contribution in [0.3, 0.4) is 0 Å². The van der Waals surface area contributed by atoms with E-state index in [9.17, 15) is 4.79 Å². The molecule has 0 spiro atoms. The summed E-state index contributed by atoms with van der Waals surface area (Å²) in [6, 6.07) is 4.26. The summed E-state index contributed by atoms with van der Waals surface area (Å²) in [6.45, 7) is 3.77. The second kappa shape index (κ2) is 3.85. The molecule has 0 unspecified atom stereocenters. The van der Waals surface area contributed by atoms with Crippen molar-refractivity contribution in [1.82, 2.24) is 4.57 Å². The SMILES string of the molecule is Cc1[c-]c(=O)cc(C)n1C.[Re]. The largest absolute Gasteiger partial charge is 0.387 e. The third kappa shape index (κ3) is 2.29. The van der Waals surface area contributed by atoms with Crippen molar-refractivity contribution in [1.29, 1.82) is 0 Å². The molecular weight excluding hydrogens is 312 g/mol. The number of pyridine rings is 1. The Labute approximate surface area is 79.9 Å². The average Bonchev–Trinajstić information content (AvgIpc) is 1.82. The van der Waals surface area contributed by atoms with Crippen molar-refractivity contribution in [3.8, 4) is 0 Å². The van der Waals surface area contributed by atoms with Crippen molar-refractivity contribution in [3.05, 3.63) is 33.7 Å². The van der Waals surface area contributed by atoms with Crippen LogP contribution in [0.5, 0.6) is 0 Å². The van der Waals surface area contributed by atoms with Gasteiger partial charge in [0.15, 0.2) is 0 Å². The van der Waals surface area contributed by atoms with Gasteiger partial charge in [-0.3, -0.25) is 0 Å². The Balaban J connectivity index is 0.000001000. The normalized spacial score (nSPS) is 9.00. The summed E-state index contributed by atoms with van der Waals surface area (Å²) in [5, 5.41) is 0. The van der Waals surface area contributed by atoms with Crippen LogP contribution in [0.25, 0.3) is 0 Å². The molecule has 0 N–H and O–H groups in total. The molecule has 0 aliphatic heterocycles. The summed E-state index contributed by atoms with van der Waals surface area (Å²) >= 11 is 0. The molecule has 3 heteroatoms. The molecule has 1 aromatic heterocycles. The Hall–Kier alpha value is -0.388. The molecule has 0 aromatic carbocycles. The van der Waals surface area contributed by atoms with E-state index in [1.807, 2.05) is 25.5 Å². The van der Waals surface area contributed by atoms with E-state index >= 15 is 0 Å². The van der Waals surface area contributed by atoms with E-state index in [1.165, 1.54) is 0 Å². The predicted octanol–water partition coefficient (Wildman–Crippen LogP) is 0.800. The van der Waals surface area contributed by atoms with Crippen molar-refractivity contribution in [3.63, 3.8) is 0 Å². The Kier molecular flexibility index (Phi) is 3.71. The summed E-state index contributed by atoms with van der Waals surface area (Å²) in [4.78, 5) is 10.8. The van der Waals surface area contributed by atoms with Gasteiger partial charge in [-0.05, 0) is 13.8 Å². The average molecular weight is 322 g/mol. The fourth-order valence-electron chi connectivity index (χ4n) is 0.849. The molecule has 0 bridgehead atoms. The minimum Gasteiger partial charge on any atom is -0.387 e. The first kappa shape index (κ1) is 10.6. The fourth-order valence-corrected chi connectivity index (χ4v) is 0.849. The van der Waals surface area contributed by atoms with Gasteiger partial charge in [0.25, 0.3) is 0 Å². The molecule has 11 heavy (non-hydrogen) atoms. The number of rotatable bonds is 0. The van der Waals surface area contributed by atoms with Crippen molar-refractivity contribution in [2.24, 2.45) is 7.05 Å². The van der Waals surface area contributed by atoms with Crippen LogP contribution >= 0.6 is 0 Å². The minimum absolute atomic E-state index is 0. The maximum atomic E-state index is 10.8. The molecule has 0 aliphatic rings. The molecule has 0 saturated carbocycles. The van der Waals surface area contributed by atoms with Crippen LogP contribution in [0.4, 0.5) is 0 Å². The van der Waals surface area contributed by atoms with Gasteiger partial charge >= 0.3 is 0 Å². The second-order valence-electron chi connectivity index (χ2n) is 2.42. The van der Waals surface area contributed by atoms with Gasteiger partial charge in [-0.25, -0.2) is 0 Å². The molecule has 0 fully saturated rings. The van der Waals surface area contributed by atoms with Crippen LogP contribution in [-0.2, 0) is 27.5 Å². The van der Waals surface area contributed by atoms with Gasteiger partial charge in [0.2, 0.25) is 0 Å². The van der Waals surface area contributed by atoms with E-state index in [1.54, 1.807) is 6.07 Å². The van der Waals surface area contributed by atoms with Gasteiger partial charge in [-0.15, -0.1) is 6.07 Å². The van der Waals surface area contributed by atoms with Crippen molar-refractivity contribution in [2.45, 2.75) is 13.8 Å². The van der Waals surface area contributed by atoms with Gasteiger partial charge in [0, 0.05) is 32.9 Å². The topological polar surface area (TPSA) is 22.0 Å². The molecule has 2 nitrogen and oxygen atoms in total. The second-order valence-corrected chi connectivity index (χ2v) is 2.42. The molecule has 0 saturated heterocycles. The number of hydrogen-bond donors (Lipinski definition) is 0. The van der Waals surface area contributed by atoms with Crippen LogP contribution in [0.15, 0.2) is 10.9 Å². The molecule has 1 radical (unpaired) electrons. The zero-order valence-corrected chi connectivity index (χ0v) is 9.53. The Morgan fingerprint density at radius 1 is 1.45 bits per heavy atom. The zero-order chi connectivity index (χ0) is 7.72. The van der Waals surface area contributed by atoms with Gasteiger partial charge in [-0.2, -0.15) is 6.07 Å². The molecule has 0 atom stereocenters. The maximum absolute atomic E-state index is 10.8. The Morgan fingerprint density at radius 2 is 2.00 bits per heavy atom. The standard InChI is InChI=1S/C8H10NO.Re/c1-6-4-8(10)5-7(2)9(6)3;/h4H,1-3H3;/q-1;. The van der Waals surface area contributed by atoms with E-state index < -0.39 is 0 Å². The summed E-state index contributed by atoms with van der Waals surface area (Å²) in [6.07, 6.45) is 0. The molecule has 1 heterocycles.